The molecular weight excluding hydrogens is 344 g/mol. The van der Waals surface area contributed by atoms with Crippen molar-refractivity contribution in [2.24, 2.45) is 5.92 Å². The lowest BCUT2D eigenvalue weighted by Gasteiger charge is -2.36. The molecule has 0 radical (unpaired) electrons. The van der Waals surface area contributed by atoms with Gasteiger partial charge in [-0.15, -0.1) is 24.8 Å². The van der Waals surface area contributed by atoms with E-state index < -0.39 is 16.4 Å². The van der Waals surface area contributed by atoms with Gasteiger partial charge in [0.15, 0.2) is 0 Å². The number of halogens is 3. The lowest BCUT2D eigenvalue weighted by molar-refractivity contribution is -0.387. The maximum atomic E-state index is 13.5. The van der Waals surface area contributed by atoms with Gasteiger partial charge in [-0.1, -0.05) is 19.9 Å². The van der Waals surface area contributed by atoms with E-state index in [1.54, 1.807) is 6.07 Å². The Morgan fingerprint density at radius 2 is 1.91 bits per heavy atom. The first-order chi connectivity index (χ1) is 9.99. The summed E-state index contributed by atoms with van der Waals surface area (Å²) in [7, 11) is 0. The summed E-state index contributed by atoms with van der Waals surface area (Å²) < 4.78 is 13.5. The van der Waals surface area contributed by atoms with Crippen LogP contribution in [0.25, 0.3) is 0 Å². The van der Waals surface area contributed by atoms with E-state index in [0.29, 0.717) is 5.92 Å². The van der Waals surface area contributed by atoms with Crippen LogP contribution < -0.4 is 5.32 Å². The van der Waals surface area contributed by atoms with E-state index in [4.69, 9.17) is 0 Å². The average molecular weight is 368 g/mol. The fraction of sp³-hybridized carbons (Fsp3) is 0.600. The summed E-state index contributed by atoms with van der Waals surface area (Å²) in [4.78, 5) is 12.6. The molecule has 1 aromatic rings. The van der Waals surface area contributed by atoms with Crippen LogP contribution in [0.2, 0.25) is 0 Å². The predicted octanol–water partition coefficient (Wildman–Crippen LogP) is 3.57. The molecule has 1 aromatic carbocycles. The number of benzene rings is 1. The van der Waals surface area contributed by atoms with Crippen molar-refractivity contribution in [3.05, 3.63) is 39.7 Å². The summed E-state index contributed by atoms with van der Waals surface area (Å²) >= 11 is 0. The molecule has 23 heavy (non-hydrogen) atoms. The van der Waals surface area contributed by atoms with Gasteiger partial charge < -0.3 is 5.32 Å². The molecule has 0 bridgehead atoms. The Morgan fingerprint density at radius 3 is 2.43 bits per heavy atom. The number of hydrogen-bond acceptors (Lipinski definition) is 4. The van der Waals surface area contributed by atoms with Gasteiger partial charge in [0, 0.05) is 38.3 Å². The van der Waals surface area contributed by atoms with Gasteiger partial charge in [0.1, 0.15) is 0 Å². The first kappa shape index (κ1) is 22.1. The second kappa shape index (κ2) is 10.0. The highest BCUT2D eigenvalue weighted by Gasteiger charge is 2.25. The number of nitrogens with one attached hydrogen (secondary N) is 1. The molecule has 0 unspecified atom stereocenters. The molecule has 132 valence electrons. The molecular formula is C15H24Cl2FN3O2. The largest absolute Gasteiger partial charge is 0.314 e. The predicted molar refractivity (Wildman–Crippen MR) is 94.2 cm³/mol. The standard InChI is InChI=1S/C15H22FN3O2.2ClH/c1-11(2)9-14(18-7-5-17-6-8-18)12-3-4-13(16)15(10-12)19(20)21;;/h3-4,10-11,14,17H,5-9H2,1-2H3;2*1H/t14-;;/m0../s1. The van der Waals surface area contributed by atoms with Crippen molar-refractivity contribution in [3.8, 4) is 0 Å². The summed E-state index contributed by atoms with van der Waals surface area (Å²) in [5.41, 5.74) is 0.398. The zero-order chi connectivity index (χ0) is 15.4. The highest BCUT2D eigenvalue weighted by atomic mass is 35.5. The van der Waals surface area contributed by atoms with E-state index in [2.05, 4.69) is 24.1 Å². The molecule has 1 N–H and O–H groups in total. The quantitative estimate of drug-likeness (QED) is 0.638. The molecule has 8 heteroatoms. The number of hydrogen-bond donors (Lipinski definition) is 1. The van der Waals surface area contributed by atoms with Gasteiger partial charge in [-0.05, 0) is 24.0 Å². The van der Waals surface area contributed by atoms with E-state index >= 15 is 0 Å². The minimum absolute atomic E-state index is 0. The molecule has 0 saturated carbocycles. The fourth-order valence-electron chi connectivity index (χ4n) is 2.81. The van der Waals surface area contributed by atoms with E-state index in [-0.39, 0.29) is 30.9 Å². The number of nitro groups is 1. The third-order valence-electron chi connectivity index (χ3n) is 3.84. The molecule has 0 aliphatic carbocycles. The van der Waals surface area contributed by atoms with Crippen LogP contribution in [0.15, 0.2) is 18.2 Å². The van der Waals surface area contributed by atoms with E-state index in [1.165, 1.54) is 12.1 Å². The van der Waals surface area contributed by atoms with Crippen molar-refractivity contribution in [1.29, 1.82) is 0 Å². The normalized spacial score (nSPS) is 16.3. The lowest BCUT2D eigenvalue weighted by Crippen LogP contribution is -2.45. The average Bonchev–Trinajstić information content (AvgIpc) is 2.46. The molecule has 2 rings (SSSR count). The van der Waals surface area contributed by atoms with Crippen molar-refractivity contribution in [3.63, 3.8) is 0 Å². The Balaban J connectivity index is 0.00000242. The van der Waals surface area contributed by atoms with Gasteiger partial charge in [-0.25, -0.2) is 0 Å². The van der Waals surface area contributed by atoms with Gasteiger partial charge >= 0.3 is 5.69 Å². The van der Waals surface area contributed by atoms with Gasteiger partial charge in [-0.2, -0.15) is 4.39 Å². The summed E-state index contributed by atoms with van der Waals surface area (Å²) in [6.07, 6.45) is 0.906. The summed E-state index contributed by atoms with van der Waals surface area (Å²) in [6, 6.07) is 4.39. The zero-order valence-electron chi connectivity index (χ0n) is 13.3. The van der Waals surface area contributed by atoms with Crippen LogP contribution in [0.1, 0.15) is 31.9 Å². The van der Waals surface area contributed by atoms with E-state index in [0.717, 1.165) is 38.2 Å². The molecule has 0 spiro atoms. The van der Waals surface area contributed by atoms with Crippen molar-refractivity contribution in [1.82, 2.24) is 10.2 Å². The summed E-state index contributed by atoms with van der Waals surface area (Å²) in [5.74, 6) is -0.304. The van der Waals surface area contributed by atoms with Crippen LogP contribution in [0, 0.1) is 21.8 Å². The van der Waals surface area contributed by atoms with Crippen LogP contribution in [-0.4, -0.2) is 36.0 Å². The summed E-state index contributed by atoms with van der Waals surface area (Å²) in [5, 5.41) is 14.2. The maximum absolute atomic E-state index is 13.5. The van der Waals surface area contributed by atoms with Gasteiger partial charge in [-0.3, -0.25) is 15.0 Å². The number of nitrogens with zero attached hydrogens (tertiary/aromatic N) is 2. The van der Waals surface area contributed by atoms with Gasteiger partial charge in [0.25, 0.3) is 0 Å². The Bertz CT molecular complexity index is 511. The van der Waals surface area contributed by atoms with E-state index in [9.17, 15) is 14.5 Å². The minimum Gasteiger partial charge on any atom is -0.314 e. The van der Waals surface area contributed by atoms with Crippen LogP contribution in [-0.2, 0) is 0 Å². The van der Waals surface area contributed by atoms with Crippen molar-refractivity contribution < 1.29 is 9.31 Å². The highest BCUT2D eigenvalue weighted by molar-refractivity contribution is 5.85. The first-order valence-electron chi connectivity index (χ1n) is 7.37. The SMILES string of the molecule is CC(C)C[C@@H](c1ccc(F)c([N+](=O)[O-])c1)N1CCNCC1.Cl.Cl. The number of nitro benzene ring substituents is 1. The second-order valence-electron chi connectivity index (χ2n) is 5.90. The zero-order valence-corrected chi connectivity index (χ0v) is 15.0. The molecule has 1 aliphatic rings. The maximum Gasteiger partial charge on any atom is 0.305 e. The van der Waals surface area contributed by atoms with Gasteiger partial charge in [0.2, 0.25) is 5.82 Å². The fourth-order valence-corrected chi connectivity index (χ4v) is 2.81. The Kier molecular flexibility index (Phi) is 9.61. The Hall–Kier alpha value is -0.950. The second-order valence-corrected chi connectivity index (χ2v) is 5.90. The monoisotopic (exact) mass is 367 g/mol. The van der Waals surface area contributed by atoms with Crippen LogP contribution >= 0.6 is 24.8 Å². The third kappa shape index (κ3) is 5.88. The first-order valence-corrected chi connectivity index (χ1v) is 7.37. The molecule has 5 nitrogen and oxygen atoms in total. The lowest BCUT2D eigenvalue weighted by atomic mass is 9.94. The van der Waals surface area contributed by atoms with Crippen molar-refractivity contribution in [2.75, 3.05) is 26.2 Å². The topological polar surface area (TPSA) is 58.4 Å². The van der Waals surface area contributed by atoms with E-state index in [1.807, 2.05) is 0 Å². The minimum atomic E-state index is -0.771. The molecule has 1 saturated heterocycles. The molecule has 1 heterocycles. The molecule has 1 aliphatic heterocycles. The smallest absolute Gasteiger partial charge is 0.305 e. The number of piperazine rings is 1. The Morgan fingerprint density at radius 1 is 1.30 bits per heavy atom. The molecule has 0 amide bonds. The van der Waals surface area contributed by atoms with Crippen molar-refractivity contribution >= 4 is 30.5 Å². The third-order valence-corrected chi connectivity index (χ3v) is 3.84. The van der Waals surface area contributed by atoms with Crippen LogP contribution in [0.5, 0.6) is 0 Å². The van der Waals surface area contributed by atoms with Crippen molar-refractivity contribution in [2.45, 2.75) is 26.3 Å². The summed E-state index contributed by atoms with van der Waals surface area (Å²) in [6.45, 7) is 7.90. The van der Waals surface area contributed by atoms with Gasteiger partial charge in [0.05, 0.1) is 4.92 Å². The van der Waals surface area contributed by atoms with Crippen LogP contribution in [0.4, 0.5) is 10.1 Å². The van der Waals surface area contributed by atoms with Crippen LogP contribution in [0.3, 0.4) is 0 Å². The molecule has 1 fully saturated rings. The number of rotatable bonds is 5. The Labute approximate surface area is 148 Å². The molecule has 0 aromatic heterocycles. The highest BCUT2D eigenvalue weighted by Crippen LogP contribution is 2.31. The molecule has 1 atom stereocenters.